The van der Waals surface area contributed by atoms with Gasteiger partial charge in [0.1, 0.15) is 0 Å². The molecule has 0 aliphatic rings. The average molecular weight is 225 g/mol. The first kappa shape index (κ1) is 40.3. The Morgan fingerprint density at radius 3 is 1.12 bits per heavy atom. The summed E-state index contributed by atoms with van der Waals surface area (Å²) in [5.74, 6) is 0. The largest absolute Gasteiger partial charge is 2.00 e. The molecule has 0 aromatic carbocycles. The molecule has 0 saturated carbocycles. The third-order valence-electron chi connectivity index (χ3n) is 0. The predicted octanol–water partition coefficient (Wildman–Crippen LogP) is -4.10. The Bertz CT molecular complexity index is 35.4. The Labute approximate surface area is 68.9 Å². The fourth-order valence-electron chi connectivity index (χ4n) is 0. The van der Waals surface area contributed by atoms with Gasteiger partial charge < -0.3 is 26.0 Å². The average Bonchev–Trinajstić information content (AvgIpc) is 0.811. The van der Waals surface area contributed by atoms with E-state index in [-0.39, 0.29) is 47.5 Å². The normalized spacial score (nSPS) is 3.00. The maximum Gasteiger partial charge on any atom is 2.00 e. The summed E-state index contributed by atoms with van der Waals surface area (Å²) < 4.78 is 0. The van der Waals surface area contributed by atoms with Crippen LogP contribution >= 0.6 is 0 Å². The van der Waals surface area contributed by atoms with Gasteiger partial charge in [-0.25, -0.2) is 0 Å². The van der Waals surface area contributed by atoms with Crippen LogP contribution in [0.15, 0.2) is 0 Å². The standard InChI is InChI=1S/CH2O3.Cu.2H2O.Zn/c2-1(3)4;;;;/h(H2,2,3,4);;2*1H2;/q;;;;+2/p-2. The zero-order chi connectivity index (χ0) is 3.58. The third-order valence-corrected chi connectivity index (χ3v) is 0. The minimum absolute atomic E-state index is 0. The summed E-state index contributed by atoms with van der Waals surface area (Å²) in [6.45, 7) is 0. The van der Waals surface area contributed by atoms with Crippen LogP contribution in [0.1, 0.15) is 0 Å². The molecule has 7 heteroatoms. The van der Waals surface area contributed by atoms with E-state index in [4.69, 9.17) is 15.0 Å². The molecule has 0 spiro atoms. The first-order chi connectivity index (χ1) is 1.73. The summed E-state index contributed by atoms with van der Waals surface area (Å²) >= 11 is 0. The van der Waals surface area contributed by atoms with Gasteiger partial charge in [0.05, 0.1) is 0 Å². The Morgan fingerprint density at radius 1 is 1.12 bits per heavy atom. The molecule has 0 atom stereocenters. The van der Waals surface area contributed by atoms with E-state index in [0.29, 0.717) is 0 Å². The maximum atomic E-state index is 8.33. The molecule has 0 unspecified atom stereocenters. The minimum Gasteiger partial charge on any atom is -0.652 e. The van der Waals surface area contributed by atoms with Gasteiger partial charge in [-0.15, -0.1) is 0 Å². The molecular formula is CH4CuO5Zn. The molecule has 8 heavy (non-hydrogen) atoms. The van der Waals surface area contributed by atoms with Gasteiger partial charge in [-0.3, -0.25) is 0 Å². The monoisotopic (exact) mass is 223 g/mol. The zero-order valence-electron chi connectivity index (χ0n) is 3.73. The van der Waals surface area contributed by atoms with Crippen LogP contribution in [0.25, 0.3) is 0 Å². The van der Waals surface area contributed by atoms with E-state index >= 15 is 0 Å². The van der Waals surface area contributed by atoms with Crippen molar-refractivity contribution in [1.82, 2.24) is 0 Å². The second-order valence-electron chi connectivity index (χ2n) is 0.250. The van der Waals surface area contributed by atoms with Crippen molar-refractivity contribution in [3.05, 3.63) is 0 Å². The van der Waals surface area contributed by atoms with Gasteiger partial charge in [0.15, 0.2) is 0 Å². The summed E-state index contributed by atoms with van der Waals surface area (Å²) in [7, 11) is 0. The van der Waals surface area contributed by atoms with Crippen LogP contribution in [0.3, 0.4) is 0 Å². The molecule has 0 aliphatic carbocycles. The van der Waals surface area contributed by atoms with Crippen molar-refractivity contribution in [3.63, 3.8) is 0 Å². The fraction of sp³-hybridized carbons (Fsp3) is 0. The zero-order valence-corrected chi connectivity index (χ0v) is 7.64. The molecule has 0 rings (SSSR count). The first-order valence-corrected chi connectivity index (χ1v) is 0.612. The topological polar surface area (TPSA) is 126 Å². The number of carbonyl (C=O) groups excluding carboxylic acids is 1. The molecule has 1 radical (unpaired) electrons. The molecule has 5 nitrogen and oxygen atoms in total. The van der Waals surface area contributed by atoms with Crippen molar-refractivity contribution in [1.29, 1.82) is 0 Å². The number of carboxylic acid groups (broad SMARTS) is 2. The molecule has 0 fully saturated rings. The van der Waals surface area contributed by atoms with Gasteiger partial charge in [-0.2, -0.15) is 0 Å². The van der Waals surface area contributed by atoms with E-state index in [1.807, 2.05) is 0 Å². The molecule has 0 saturated heterocycles. The van der Waals surface area contributed by atoms with Crippen LogP contribution in [0.2, 0.25) is 0 Å². The second-order valence-corrected chi connectivity index (χ2v) is 0.250. The quantitative estimate of drug-likeness (QED) is 0.388. The molecular weight excluding hydrogens is 221 g/mol. The van der Waals surface area contributed by atoms with Gasteiger partial charge >= 0.3 is 19.5 Å². The molecule has 0 bridgehead atoms. The maximum absolute atomic E-state index is 8.33. The van der Waals surface area contributed by atoms with Crippen molar-refractivity contribution in [2.24, 2.45) is 0 Å². The molecule has 51 valence electrons. The molecule has 0 aromatic heterocycles. The van der Waals surface area contributed by atoms with Gasteiger partial charge in [0, 0.05) is 17.1 Å². The number of hydrogen-bond acceptors (Lipinski definition) is 3. The molecule has 0 heterocycles. The van der Waals surface area contributed by atoms with Gasteiger partial charge in [-0.1, -0.05) is 0 Å². The van der Waals surface area contributed by atoms with E-state index in [9.17, 15) is 0 Å². The molecule has 4 N–H and O–H groups in total. The van der Waals surface area contributed by atoms with Crippen LogP contribution in [0, 0.1) is 0 Å². The van der Waals surface area contributed by atoms with Crippen LogP contribution in [0.5, 0.6) is 0 Å². The first-order valence-electron chi connectivity index (χ1n) is 0.612. The SMILES string of the molecule is O.O.O=C([O-])[O-].[Cu].[Zn+2]. The van der Waals surface area contributed by atoms with Crippen molar-refractivity contribution in [3.8, 4) is 0 Å². The number of hydrogen-bond donors (Lipinski definition) is 0. The second kappa shape index (κ2) is 26.5. The molecule has 0 aromatic rings. The van der Waals surface area contributed by atoms with E-state index < -0.39 is 6.16 Å². The van der Waals surface area contributed by atoms with E-state index in [2.05, 4.69) is 0 Å². The van der Waals surface area contributed by atoms with Crippen LogP contribution in [0.4, 0.5) is 4.79 Å². The van der Waals surface area contributed by atoms with Gasteiger partial charge in [-0.05, 0) is 6.16 Å². The Morgan fingerprint density at radius 2 is 1.12 bits per heavy atom. The summed E-state index contributed by atoms with van der Waals surface area (Å²) in [5.41, 5.74) is 0. The summed E-state index contributed by atoms with van der Waals surface area (Å²) in [6.07, 6.45) is -2.33. The van der Waals surface area contributed by atoms with Crippen LogP contribution in [-0.4, -0.2) is 17.1 Å². The number of carbonyl (C=O) groups is 1. The Balaban J connectivity index is -0.00000000750. The van der Waals surface area contributed by atoms with Crippen LogP contribution in [-0.2, 0) is 36.5 Å². The minimum atomic E-state index is -2.33. The van der Waals surface area contributed by atoms with Crippen molar-refractivity contribution >= 4 is 6.16 Å². The molecule has 0 aliphatic heterocycles. The Kier molecular flexibility index (Phi) is 133. The van der Waals surface area contributed by atoms with Gasteiger partial charge in [0.25, 0.3) is 0 Å². The van der Waals surface area contributed by atoms with Crippen molar-refractivity contribution < 1.29 is 62.5 Å². The third kappa shape index (κ3) is 1630. The van der Waals surface area contributed by atoms with Crippen molar-refractivity contribution in [2.75, 3.05) is 0 Å². The summed E-state index contributed by atoms with van der Waals surface area (Å²) in [5, 5.41) is 16.7. The summed E-state index contributed by atoms with van der Waals surface area (Å²) in [6, 6.07) is 0. The van der Waals surface area contributed by atoms with Gasteiger partial charge in [0.2, 0.25) is 0 Å². The van der Waals surface area contributed by atoms with E-state index in [1.165, 1.54) is 0 Å². The number of rotatable bonds is 0. The van der Waals surface area contributed by atoms with E-state index in [1.54, 1.807) is 0 Å². The molecule has 0 amide bonds. The fourth-order valence-corrected chi connectivity index (χ4v) is 0. The Hall–Kier alpha value is 0.333. The van der Waals surface area contributed by atoms with Crippen LogP contribution < -0.4 is 10.2 Å². The van der Waals surface area contributed by atoms with E-state index in [0.717, 1.165) is 0 Å². The predicted molar refractivity (Wildman–Crippen MR) is 12.6 cm³/mol. The van der Waals surface area contributed by atoms with Crippen molar-refractivity contribution in [2.45, 2.75) is 0 Å². The summed E-state index contributed by atoms with van der Waals surface area (Å²) in [4.78, 5) is 8.33. The smallest absolute Gasteiger partial charge is 0.652 e.